The van der Waals surface area contributed by atoms with E-state index in [-0.39, 0.29) is 13.5 Å². The third-order valence-electron chi connectivity index (χ3n) is 2.37. The van der Waals surface area contributed by atoms with Gasteiger partial charge < -0.3 is 14.2 Å². The summed E-state index contributed by atoms with van der Waals surface area (Å²) in [7, 11) is 0. The molecule has 0 saturated carbocycles. The standard InChI is InChI=1S/C14H30O3.CH4/c1-13(2)7-5-6-8-15-9-10-16-11-12-17-14(3)4;/h13-14H,5-12H2,1-4H3;1H4. The largest absolute Gasteiger partial charge is 0.379 e. The fourth-order valence-corrected chi connectivity index (χ4v) is 1.42. The normalized spacial score (nSPS) is 11.0. The molecule has 0 atom stereocenters. The minimum absolute atomic E-state index is 0. The fraction of sp³-hybridized carbons (Fsp3) is 1.00. The van der Waals surface area contributed by atoms with Crippen molar-refractivity contribution in [2.24, 2.45) is 5.92 Å². The number of ether oxygens (including phenoxy) is 3. The predicted molar refractivity (Wildman–Crippen MR) is 78.1 cm³/mol. The summed E-state index contributed by atoms with van der Waals surface area (Å²) in [6.07, 6.45) is 4.01. The summed E-state index contributed by atoms with van der Waals surface area (Å²) in [6, 6.07) is 0. The van der Waals surface area contributed by atoms with Crippen LogP contribution in [0.1, 0.15) is 54.4 Å². The molecule has 3 heteroatoms. The van der Waals surface area contributed by atoms with Crippen molar-refractivity contribution in [2.45, 2.75) is 60.5 Å². The Morgan fingerprint density at radius 2 is 1.28 bits per heavy atom. The Balaban J connectivity index is 0. The Kier molecular flexibility index (Phi) is 16.8. The molecule has 0 amide bonds. The maximum absolute atomic E-state index is 5.48. The van der Waals surface area contributed by atoms with Crippen LogP contribution in [0.4, 0.5) is 0 Å². The number of hydrogen-bond donors (Lipinski definition) is 0. The molecule has 18 heavy (non-hydrogen) atoms. The van der Waals surface area contributed by atoms with Crippen molar-refractivity contribution >= 4 is 0 Å². The van der Waals surface area contributed by atoms with E-state index in [1.807, 2.05) is 13.8 Å². The predicted octanol–water partition coefficient (Wildman–Crippen LogP) is 3.91. The molecule has 0 aliphatic carbocycles. The first-order valence-electron chi connectivity index (χ1n) is 6.90. The Morgan fingerprint density at radius 1 is 0.722 bits per heavy atom. The van der Waals surface area contributed by atoms with Gasteiger partial charge in [-0.25, -0.2) is 0 Å². The molecule has 0 aromatic rings. The lowest BCUT2D eigenvalue weighted by Gasteiger charge is -2.08. The van der Waals surface area contributed by atoms with Crippen molar-refractivity contribution in [1.29, 1.82) is 0 Å². The van der Waals surface area contributed by atoms with Crippen molar-refractivity contribution in [3.63, 3.8) is 0 Å². The molecule has 0 unspecified atom stereocenters. The molecule has 0 aromatic carbocycles. The smallest absolute Gasteiger partial charge is 0.0703 e. The monoisotopic (exact) mass is 262 g/mol. The molecule has 3 nitrogen and oxygen atoms in total. The highest BCUT2D eigenvalue weighted by molar-refractivity contribution is 4.46. The van der Waals surface area contributed by atoms with Gasteiger partial charge in [-0.05, 0) is 26.2 Å². The minimum Gasteiger partial charge on any atom is -0.379 e. The van der Waals surface area contributed by atoms with Gasteiger partial charge in [0, 0.05) is 6.61 Å². The van der Waals surface area contributed by atoms with Crippen LogP contribution in [0.5, 0.6) is 0 Å². The van der Waals surface area contributed by atoms with Crippen molar-refractivity contribution in [3.8, 4) is 0 Å². The lowest BCUT2D eigenvalue weighted by molar-refractivity contribution is -0.00189. The highest BCUT2D eigenvalue weighted by Gasteiger charge is 1.95. The minimum atomic E-state index is 0. The van der Waals surface area contributed by atoms with Gasteiger partial charge in [0.05, 0.1) is 32.5 Å². The zero-order chi connectivity index (χ0) is 12.9. The molecule has 112 valence electrons. The molecular weight excluding hydrogens is 228 g/mol. The molecule has 0 radical (unpaired) electrons. The molecular formula is C15H34O3. The van der Waals surface area contributed by atoms with Crippen LogP contribution in [0.2, 0.25) is 0 Å². The first-order chi connectivity index (χ1) is 8.13. The summed E-state index contributed by atoms with van der Waals surface area (Å²) < 4.78 is 16.2. The van der Waals surface area contributed by atoms with Gasteiger partial charge in [-0.2, -0.15) is 0 Å². The highest BCUT2D eigenvalue weighted by Crippen LogP contribution is 2.05. The van der Waals surface area contributed by atoms with E-state index in [0.717, 1.165) is 18.9 Å². The van der Waals surface area contributed by atoms with Crippen LogP contribution in [-0.4, -0.2) is 39.1 Å². The van der Waals surface area contributed by atoms with Crippen molar-refractivity contribution in [2.75, 3.05) is 33.0 Å². The average Bonchev–Trinajstić information content (AvgIpc) is 2.25. The van der Waals surface area contributed by atoms with Gasteiger partial charge in [-0.3, -0.25) is 0 Å². The molecule has 0 spiro atoms. The second-order valence-electron chi connectivity index (χ2n) is 5.03. The van der Waals surface area contributed by atoms with Crippen LogP contribution in [0, 0.1) is 5.92 Å². The topological polar surface area (TPSA) is 27.7 Å². The quantitative estimate of drug-likeness (QED) is 0.499. The Morgan fingerprint density at radius 3 is 1.83 bits per heavy atom. The molecule has 0 bridgehead atoms. The maximum atomic E-state index is 5.48. The van der Waals surface area contributed by atoms with Gasteiger partial charge in [0.1, 0.15) is 0 Å². The summed E-state index contributed by atoms with van der Waals surface area (Å²) in [6.45, 7) is 12.1. The van der Waals surface area contributed by atoms with Crippen LogP contribution in [0.15, 0.2) is 0 Å². The lowest BCUT2D eigenvalue weighted by atomic mass is 10.1. The van der Waals surface area contributed by atoms with E-state index >= 15 is 0 Å². The molecule has 0 rings (SSSR count). The SMILES string of the molecule is C.CC(C)CCCCOCCOCCOC(C)C. The first-order valence-corrected chi connectivity index (χ1v) is 6.90. The number of hydrogen-bond acceptors (Lipinski definition) is 3. The zero-order valence-electron chi connectivity index (χ0n) is 12.0. The first kappa shape index (κ1) is 20.2. The van der Waals surface area contributed by atoms with Gasteiger partial charge in [0.25, 0.3) is 0 Å². The summed E-state index contributed by atoms with van der Waals surface area (Å²) in [5, 5.41) is 0. The van der Waals surface area contributed by atoms with Gasteiger partial charge in [-0.1, -0.05) is 34.1 Å². The van der Waals surface area contributed by atoms with Crippen LogP contribution in [0.3, 0.4) is 0 Å². The Hall–Kier alpha value is -0.120. The summed E-state index contributed by atoms with van der Waals surface area (Å²) in [5.74, 6) is 0.805. The summed E-state index contributed by atoms with van der Waals surface area (Å²) in [4.78, 5) is 0. The van der Waals surface area contributed by atoms with Gasteiger partial charge >= 0.3 is 0 Å². The second-order valence-corrected chi connectivity index (χ2v) is 5.03. The Bertz CT molecular complexity index is 131. The Labute approximate surface area is 114 Å². The summed E-state index contributed by atoms with van der Waals surface area (Å²) >= 11 is 0. The van der Waals surface area contributed by atoms with Crippen molar-refractivity contribution in [3.05, 3.63) is 0 Å². The molecule has 0 N–H and O–H groups in total. The second kappa shape index (κ2) is 14.9. The van der Waals surface area contributed by atoms with E-state index in [1.54, 1.807) is 0 Å². The van der Waals surface area contributed by atoms with E-state index in [2.05, 4.69) is 13.8 Å². The number of unbranched alkanes of at least 4 members (excludes halogenated alkanes) is 1. The molecule has 0 heterocycles. The van der Waals surface area contributed by atoms with Gasteiger partial charge in [0.2, 0.25) is 0 Å². The molecule has 0 aliphatic heterocycles. The van der Waals surface area contributed by atoms with Crippen LogP contribution < -0.4 is 0 Å². The van der Waals surface area contributed by atoms with E-state index in [1.165, 1.54) is 12.8 Å². The fourth-order valence-electron chi connectivity index (χ4n) is 1.42. The molecule has 0 saturated heterocycles. The third kappa shape index (κ3) is 18.3. The van der Waals surface area contributed by atoms with E-state index < -0.39 is 0 Å². The van der Waals surface area contributed by atoms with Gasteiger partial charge in [0.15, 0.2) is 0 Å². The van der Waals surface area contributed by atoms with Crippen LogP contribution >= 0.6 is 0 Å². The van der Waals surface area contributed by atoms with Crippen LogP contribution in [0.25, 0.3) is 0 Å². The zero-order valence-corrected chi connectivity index (χ0v) is 12.0. The van der Waals surface area contributed by atoms with E-state index in [4.69, 9.17) is 14.2 Å². The van der Waals surface area contributed by atoms with Gasteiger partial charge in [-0.15, -0.1) is 0 Å². The maximum Gasteiger partial charge on any atom is 0.0703 e. The lowest BCUT2D eigenvalue weighted by Crippen LogP contribution is -2.12. The molecule has 0 fully saturated rings. The van der Waals surface area contributed by atoms with E-state index in [0.29, 0.717) is 26.4 Å². The van der Waals surface area contributed by atoms with Crippen molar-refractivity contribution in [1.82, 2.24) is 0 Å². The van der Waals surface area contributed by atoms with Crippen molar-refractivity contribution < 1.29 is 14.2 Å². The van der Waals surface area contributed by atoms with E-state index in [9.17, 15) is 0 Å². The molecule has 0 aromatic heterocycles. The average molecular weight is 262 g/mol. The highest BCUT2D eigenvalue weighted by atomic mass is 16.5. The third-order valence-corrected chi connectivity index (χ3v) is 2.37. The van der Waals surface area contributed by atoms with Crippen LogP contribution in [-0.2, 0) is 14.2 Å². The number of rotatable bonds is 12. The summed E-state index contributed by atoms with van der Waals surface area (Å²) in [5.41, 5.74) is 0. The molecule has 0 aliphatic rings.